The molecule has 104 valence electrons. The molecule has 0 aliphatic carbocycles. The van der Waals surface area contributed by atoms with E-state index in [9.17, 15) is 4.79 Å². The largest absolute Gasteiger partial charge is 0.298 e. The predicted molar refractivity (Wildman–Crippen MR) is 84.5 cm³/mol. The van der Waals surface area contributed by atoms with Crippen molar-refractivity contribution in [3.8, 4) is 11.3 Å². The number of aromatic nitrogens is 2. The highest BCUT2D eigenvalue weighted by atomic mass is 32.1. The fourth-order valence-electron chi connectivity index (χ4n) is 1.85. The molecule has 0 saturated heterocycles. The lowest BCUT2D eigenvalue weighted by atomic mass is 10.1. The molecule has 1 amide bonds. The molecule has 0 bridgehead atoms. The van der Waals surface area contributed by atoms with Crippen LogP contribution in [0.5, 0.6) is 0 Å². The highest BCUT2D eigenvalue weighted by Gasteiger charge is 2.09. The van der Waals surface area contributed by atoms with Crippen LogP contribution in [0.25, 0.3) is 11.3 Å². The van der Waals surface area contributed by atoms with E-state index in [1.165, 1.54) is 11.3 Å². The summed E-state index contributed by atoms with van der Waals surface area (Å²) in [6, 6.07) is 11.2. The molecule has 0 unspecified atom stereocenters. The SMILES string of the molecule is Cc1ccc(C(=O)Nc2nc(-c3cccnc3)cs2)cc1. The van der Waals surface area contributed by atoms with Crippen molar-refractivity contribution in [3.63, 3.8) is 0 Å². The summed E-state index contributed by atoms with van der Waals surface area (Å²) < 4.78 is 0. The molecule has 2 heterocycles. The summed E-state index contributed by atoms with van der Waals surface area (Å²) in [4.78, 5) is 20.6. The summed E-state index contributed by atoms with van der Waals surface area (Å²) in [5.41, 5.74) is 3.50. The van der Waals surface area contributed by atoms with Gasteiger partial charge in [-0.2, -0.15) is 0 Å². The zero-order chi connectivity index (χ0) is 14.7. The molecule has 3 aromatic rings. The Morgan fingerprint density at radius 2 is 2.00 bits per heavy atom. The molecule has 2 aromatic heterocycles. The topological polar surface area (TPSA) is 54.9 Å². The molecule has 0 aliphatic heterocycles. The molecule has 5 heteroatoms. The molecule has 4 nitrogen and oxygen atoms in total. The Kier molecular flexibility index (Phi) is 3.75. The number of hydrogen-bond acceptors (Lipinski definition) is 4. The number of aryl methyl sites for hydroxylation is 1. The Labute approximate surface area is 126 Å². The van der Waals surface area contributed by atoms with Crippen LogP contribution in [0.15, 0.2) is 54.2 Å². The Hall–Kier alpha value is -2.53. The van der Waals surface area contributed by atoms with Crippen molar-refractivity contribution in [1.29, 1.82) is 0 Å². The molecule has 21 heavy (non-hydrogen) atoms. The molecule has 0 fully saturated rings. The summed E-state index contributed by atoms with van der Waals surface area (Å²) in [6.07, 6.45) is 3.47. The van der Waals surface area contributed by atoms with E-state index in [0.717, 1.165) is 16.8 Å². The Bertz CT molecular complexity index is 751. The third-order valence-corrected chi connectivity index (χ3v) is 3.75. The van der Waals surface area contributed by atoms with Crippen LogP contribution in [-0.2, 0) is 0 Å². The van der Waals surface area contributed by atoms with Crippen LogP contribution in [0.2, 0.25) is 0 Å². The van der Waals surface area contributed by atoms with Crippen LogP contribution in [0, 0.1) is 6.92 Å². The Morgan fingerprint density at radius 1 is 1.19 bits per heavy atom. The average Bonchev–Trinajstić information content (AvgIpc) is 2.97. The summed E-state index contributed by atoms with van der Waals surface area (Å²) in [5.74, 6) is -0.151. The summed E-state index contributed by atoms with van der Waals surface area (Å²) in [5, 5.41) is 5.30. The minimum Gasteiger partial charge on any atom is -0.298 e. The number of nitrogens with one attached hydrogen (secondary N) is 1. The maximum Gasteiger partial charge on any atom is 0.257 e. The zero-order valence-electron chi connectivity index (χ0n) is 11.4. The number of nitrogens with zero attached hydrogens (tertiary/aromatic N) is 2. The molecule has 1 N–H and O–H groups in total. The van der Waals surface area contributed by atoms with Crippen molar-refractivity contribution in [2.45, 2.75) is 6.92 Å². The average molecular weight is 295 g/mol. The fourth-order valence-corrected chi connectivity index (χ4v) is 2.57. The van der Waals surface area contributed by atoms with Gasteiger partial charge in [-0.25, -0.2) is 4.98 Å². The minimum absolute atomic E-state index is 0.151. The van der Waals surface area contributed by atoms with Crippen molar-refractivity contribution >= 4 is 22.4 Å². The van der Waals surface area contributed by atoms with Crippen LogP contribution < -0.4 is 5.32 Å². The second-order valence-electron chi connectivity index (χ2n) is 4.60. The number of pyridine rings is 1. The number of anilines is 1. The van der Waals surface area contributed by atoms with Gasteiger partial charge in [0.25, 0.3) is 5.91 Å². The molecular formula is C16H13N3OS. The number of benzene rings is 1. The second-order valence-corrected chi connectivity index (χ2v) is 5.46. The summed E-state index contributed by atoms with van der Waals surface area (Å²) in [6.45, 7) is 1.99. The van der Waals surface area contributed by atoms with Crippen molar-refractivity contribution in [1.82, 2.24) is 9.97 Å². The van der Waals surface area contributed by atoms with E-state index < -0.39 is 0 Å². The van der Waals surface area contributed by atoms with E-state index >= 15 is 0 Å². The number of carbonyl (C=O) groups excluding carboxylic acids is 1. The second kappa shape index (κ2) is 5.85. The standard InChI is InChI=1S/C16H13N3OS/c1-11-4-6-12(7-5-11)15(20)19-16-18-14(10-21-16)13-3-2-8-17-9-13/h2-10H,1H3,(H,18,19,20). The predicted octanol–water partition coefficient (Wildman–Crippen LogP) is 3.77. The van der Waals surface area contributed by atoms with Crippen molar-refractivity contribution in [2.24, 2.45) is 0 Å². The number of amides is 1. The molecule has 3 rings (SSSR count). The lowest BCUT2D eigenvalue weighted by molar-refractivity contribution is 0.102. The van der Waals surface area contributed by atoms with Crippen molar-refractivity contribution < 1.29 is 4.79 Å². The van der Waals surface area contributed by atoms with Gasteiger partial charge >= 0.3 is 0 Å². The smallest absolute Gasteiger partial charge is 0.257 e. The van der Waals surface area contributed by atoms with Crippen LogP contribution >= 0.6 is 11.3 Å². The summed E-state index contributed by atoms with van der Waals surface area (Å²) in [7, 11) is 0. The van der Waals surface area contributed by atoms with Gasteiger partial charge in [-0.15, -0.1) is 11.3 Å². The first-order valence-corrected chi connectivity index (χ1v) is 7.34. The highest BCUT2D eigenvalue weighted by molar-refractivity contribution is 7.14. The number of rotatable bonds is 3. The van der Waals surface area contributed by atoms with Gasteiger partial charge in [-0.1, -0.05) is 17.7 Å². The maximum absolute atomic E-state index is 12.1. The lowest BCUT2D eigenvalue weighted by Gasteiger charge is -2.02. The van der Waals surface area contributed by atoms with E-state index in [1.807, 2.05) is 36.6 Å². The zero-order valence-corrected chi connectivity index (χ0v) is 12.2. The van der Waals surface area contributed by atoms with Gasteiger partial charge in [0.1, 0.15) is 0 Å². The fraction of sp³-hybridized carbons (Fsp3) is 0.0625. The van der Waals surface area contributed by atoms with Gasteiger partial charge in [0, 0.05) is 28.9 Å². The van der Waals surface area contributed by atoms with Gasteiger partial charge in [0.05, 0.1) is 5.69 Å². The van der Waals surface area contributed by atoms with Crippen LogP contribution in [0.3, 0.4) is 0 Å². The van der Waals surface area contributed by atoms with Crippen molar-refractivity contribution in [3.05, 3.63) is 65.3 Å². The normalized spacial score (nSPS) is 10.3. The number of carbonyl (C=O) groups is 1. The van der Waals surface area contributed by atoms with Crippen LogP contribution in [0.4, 0.5) is 5.13 Å². The molecule has 1 aromatic carbocycles. The quantitative estimate of drug-likeness (QED) is 0.800. The molecule has 0 radical (unpaired) electrons. The van der Waals surface area contributed by atoms with Gasteiger partial charge in [0.2, 0.25) is 0 Å². The highest BCUT2D eigenvalue weighted by Crippen LogP contribution is 2.24. The summed E-state index contributed by atoms with van der Waals surface area (Å²) >= 11 is 1.40. The van der Waals surface area contributed by atoms with E-state index in [1.54, 1.807) is 24.5 Å². The molecule has 0 saturated carbocycles. The van der Waals surface area contributed by atoms with E-state index in [-0.39, 0.29) is 5.91 Å². The first-order valence-electron chi connectivity index (χ1n) is 6.46. The van der Waals surface area contributed by atoms with Crippen LogP contribution in [0.1, 0.15) is 15.9 Å². The van der Waals surface area contributed by atoms with Gasteiger partial charge < -0.3 is 0 Å². The van der Waals surface area contributed by atoms with E-state index in [2.05, 4.69) is 15.3 Å². The number of thiazole rings is 1. The first-order chi connectivity index (χ1) is 10.2. The van der Waals surface area contributed by atoms with Crippen LogP contribution in [-0.4, -0.2) is 15.9 Å². The third-order valence-electron chi connectivity index (χ3n) is 3.00. The van der Waals surface area contributed by atoms with Gasteiger partial charge in [-0.3, -0.25) is 15.1 Å². The lowest BCUT2D eigenvalue weighted by Crippen LogP contribution is -2.11. The van der Waals surface area contributed by atoms with E-state index in [0.29, 0.717) is 10.7 Å². The molecular weight excluding hydrogens is 282 g/mol. The Balaban J connectivity index is 1.75. The third kappa shape index (κ3) is 3.14. The van der Waals surface area contributed by atoms with Gasteiger partial charge in [0.15, 0.2) is 5.13 Å². The monoisotopic (exact) mass is 295 g/mol. The molecule has 0 spiro atoms. The first kappa shape index (κ1) is 13.5. The van der Waals surface area contributed by atoms with Crippen molar-refractivity contribution in [2.75, 3.05) is 5.32 Å². The maximum atomic E-state index is 12.1. The number of hydrogen-bond donors (Lipinski definition) is 1. The molecule has 0 aliphatic rings. The minimum atomic E-state index is -0.151. The Morgan fingerprint density at radius 3 is 2.71 bits per heavy atom. The molecule has 0 atom stereocenters. The van der Waals surface area contributed by atoms with E-state index in [4.69, 9.17) is 0 Å². The van der Waals surface area contributed by atoms with Gasteiger partial charge in [-0.05, 0) is 31.2 Å².